The molecule has 0 saturated heterocycles. The van der Waals surface area contributed by atoms with Crippen LogP contribution >= 0.6 is 0 Å². The van der Waals surface area contributed by atoms with E-state index in [1.54, 1.807) is 14.2 Å². The summed E-state index contributed by atoms with van der Waals surface area (Å²) < 4.78 is 10.8. The number of aryl methyl sites for hydroxylation is 1. The number of rotatable bonds is 7. The fraction of sp³-hybridized carbons (Fsp3) is 0.300. The van der Waals surface area contributed by atoms with Gasteiger partial charge in [0.05, 0.1) is 19.7 Å². The summed E-state index contributed by atoms with van der Waals surface area (Å²) in [5.41, 5.74) is 1.97. The Morgan fingerprint density at radius 3 is 2.60 bits per heavy atom. The van der Waals surface area contributed by atoms with Gasteiger partial charge in [-0.25, -0.2) is 9.97 Å². The number of fused-ring (bicyclic) bond motifs is 1. The first-order valence-electron chi connectivity index (χ1n) is 8.45. The van der Waals surface area contributed by atoms with Gasteiger partial charge in [0.2, 0.25) is 0 Å². The average molecular weight is 337 g/mol. The number of para-hydroxylation sites is 1. The van der Waals surface area contributed by atoms with Gasteiger partial charge in [-0.05, 0) is 36.8 Å². The van der Waals surface area contributed by atoms with Crippen molar-refractivity contribution in [1.29, 1.82) is 0 Å². The van der Waals surface area contributed by atoms with E-state index in [-0.39, 0.29) is 0 Å². The lowest BCUT2D eigenvalue weighted by Crippen LogP contribution is -2.07. The summed E-state index contributed by atoms with van der Waals surface area (Å²) in [6.07, 6.45) is 1.88. The summed E-state index contributed by atoms with van der Waals surface area (Å²) >= 11 is 0. The molecule has 0 amide bonds. The monoisotopic (exact) mass is 337 g/mol. The van der Waals surface area contributed by atoms with Crippen LogP contribution in [-0.4, -0.2) is 24.2 Å². The molecule has 3 aromatic rings. The standard InChI is InChI=1S/C20H23N3O2/c1-4-7-19-22-17-9-6-5-8-16(17)20(23-19)21-13-14-12-15(24-2)10-11-18(14)25-3/h5-6,8-12H,4,7,13H2,1-3H3,(H,21,22,23). The predicted molar refractivity (Wildman–Crippen MR) is 100 cm³/mol. The molecule has 25 heavy (non-hydrogen) atoms. The summed E-state index contributed by atoms with van der Waals surface area (Å²) in [5.74, 6) is 3.33. The van der Waals surface area contributed by atoms with Gasteiger partial charge >= 0.3 is 0 Å². The Morgan fingerprint density at radius 2 is 1.84 bits per heavy atom. The Morgan fingerprint density at radius 1 is 1.00 bits per heavy atom. The number of ether oxygens (including phenoxy) is 2. The SMILES string of the molecule is CCCc1nc(NCc2cc(OC)ccc2OC)c2ccccc2n1. The second kappa shape index (κ2) is 7.83. The number of methoxy groups -OCH3 is 2. The summed E-state index contributed by atoms with van der Waals surface area (Å²) in [6, 6.07) is 13.8. The van der Waals surface area contributed by atoms with Crippen molar-refractivity contribution in [2.75, 3.05) is 19.5 Å². The normalized spacial score (nSPS) is 10.7. The van der Waals surface area contributed by atoms with Crippen molar-refractivity contribution >= 4 is 16.7 Å². The average Bonchev–Trinajstić information content (AvgIpc) is 2.66. The van der Waals surface area contributed by atoms with E-state index in [1.807, 2.05) is 42.5 Å². The van der Waals surface area contributed by atoms with Gasteiger partial charge in [-0.2, -0.15) is 0 Å². The number of nitrogens with one attached hydrogen (secondary N) is 1. The number of anilines is 1. The summed E-state index contributed by atoms with van der Waals surface area (Å²) in [5, 5.41) is 4.46. The Kier molecular flexibility index (Phi) is 5.33. The van der Waals surface area contributed by atoms with E-state index in [4.69, 9.17) is 14.5 Å². The van der Waals surface area contributed by atoms with Crippen molar-refractivity contribution < 1.29 is 9.47 Å². The number of aromatic nitrogens is 2. The van der Waals surface area contributed by atoms with Crippen LogP contribution in [0.4, 0.5) is 5.82 Å². The van der Waals surface area contributed by atoms with Crippen LogP contribution in [0.2, 0.25) is 0 Å². The van der Waals surface area contributed by atoms with E-state index in [1.165, 1.54) is 0 Å². The molecule has 0 unspecified atom stereocenters. The molecule has 0 radical (unpaired) electrons. The van der Waals surface area contributed by atoms with Gasteiger partial charge in [-0.3, -0.25) is 0 Å². The molecule has 0 spiro atoms. The zero-order valence-corrected chi connectivity index (χ0v) is 14.9. The van der Waals surface area contributed by atoms with Gasteiger partial charge in [0, 0.05) is 23.9 Å². The second-order valence-electron chi connectivity index (χ2n) is 5.79. The van der Waals surface area contributed by atoms with Crippen molar-refractivity contribution in [2.45, 2.75) is 26.3 Å². The van der Waals surface area contributed by atoms with Crippen LogP contribution in [0.3, 0.4) is 0 Å². The molecule has 0 aliphatic heterocycles. The van der Waals surface area contributed by atoms with Gasteiger partial charge in [-0.1, -0.05) is 19.1 Å². The molecular weight excluding hydrogens is 314 g/mol. The van der Waals surface area contributed by atoms with E-state index in [9.17, 15) is 0 Å². The first-order chi connectivity index (χ1) is 12.2. The van der Waals surface area contributed by atoms with Gasteiger partial charge in [0.1, 0.15) is 23.1 Å². The van der Waals surface area contributed by atoms with Gasteiger partial charge in [-0.15, -0.1) is 0 Å². The van der Waals surface area contributed by atoms with Crippen molar-refractivity contribution in [2.24, 2.45) is 0 Å². The van der Waals surface area contributed by atoms with Crippen LogP contribution in [0.25, 0.3) is 10.9 Å². The van der Waals surface area contributed by atoms with Crippen LogP contribution < -0.4 is 14.8 Å². The van der Waals surface area contributed by atoms with Crippen molar-refractivity contribution in [3.63, 3.8) is 0 Å². The van der Waals surface area contributed by atoms with E-state index >= 15 is 0 Å². The lowest BCUT2D eigenvalue weighted by Gasteiger charge is -2.13. The number of hydrogen-bond acceptors (Lipinski definition) is 5. The maximum absolute atomic E-state index is 5.45. The van der Waals surface area contributed by atoms with Gasteiger partial charge in [0.15, 0.2) is 0 Å². The third-order valence-corrected chi connectivity index (χ3v) is 4.06. The molecule has 1 N–H and O–H groups in total. The van der Waals surface area contributed by atoms with Gasteiger partial charge < -0.3 is 14.8 Å². The number of hydrogen-bond donors (Lipinski definition) is 1. The Labute approximate surface area is 148 Å². The highest BCUT2D eigenvalue weighted by molar-refractivity contribution is 5.89. The maximum Gasteiger partial charge on any atom is 0.137 e. The molecule has 0 bridgehead atoms. The summed E-state index contributed by atoms with van der Waals surface area (Å²) in [6.45, 7) is 2.72. The molecule has 1 aromatic heterocycles. The fourth-order valence-electron chi connectivity index (χ4n) is 2.79. The van der Waals surface area contributed by atoms with E-state index < -0.39 is 0 Å². The minimum atomic E-state index is 0.590. The quantitative estimate of drug-likeness (QED) is 0.700. The molecule has 0 fully saturated rings. The predicted octanol–water partition coefficient (Wildman–Crippen LogP) is 4.21. The molecular formula is C20H23N3O2. The maximum atomic E-state index is 5.45. The molecule has 5 heteroatoms. The van der Waals surface area contributed by atoms with Gasteiger partial charge in [0.25, 0.3) is 0 Å². The molecule has 0 aliphatic rings. The molecule has 0 saturated carbocycles. The first-order valence-corrected chi connectivity index (χ1v) is 8.45. The topological polar surface area (TPSA) is 56.3 Å². The van der Waals surface area contributed by atoms with E-state index in [2.05, 4.69) is 17.2 Å². The van der Waals surface area contributed by atoms with Crippen LogP contribution in [0.1, 0.15) is 24.7 Å². The third-order valence-electron chi connectivity index (χ3n) is 4.06. The highest BCUT2D eigenvalue weighted by Crippen LogP contribution is 2.26. The molecule has 130 valence electrons. The molecule has 2 aromatic carbocycles. The van der Waals surface area contributed by atoms with Crippen LogP contribution in [0.5, 0.6) is 11.5 Å². The zero-order chi connectivity index (χ0) is 17.6. The fourth-order valence-corrected chi connectivity index (χ4v) is 2.79. The molecule has 3 rings (SSSR count). The molecule has 5 nitrogen and oxygen atoms in total. The Bertz CT molecular complexity index is 865. The van der Waals surface area contributed by atoms with Crippen LogP contribution in [-0.2, 0) is 13.0 Å². The second-order valence-corrected chi connectivity index (χ2v) is 5.79. The first kappa shape index (κ1) is 17.0. The van der Waals surface area contributed by atoms with Crippen molar-refractivity contribution in [1.82, 2.24) is 9.97 Å². The smallest absolute Gasteiger partial charge is 0.137 e. The number of nitrogens with zero attached hydrogens (tertiary/aromatic N) is 2. The van der Waals surface area contributed by atoms with Crippen LogP contribution in [0, 0.1) is 0 Å². The molecule has 1 heterocycles. The zero-order valence-electron chi connectivity index (χ0n) is 14.9. The lowest BCUT2D eigenvalue weighted by molar-refractivity contribution is 0.399. The van der Waals surface area contributed by atoms with Crippen molar-refractivity contribution in [3.8, 4) is 11.5 Å². The van der Waals surface area contributed by atoms with Crippen LogP contribution in [0.15, 0.2) is 42.5 Å². The molecule has 0 atom stereocenters. The highest BCUT2D eigenvalue weighted by atomic mass is 16.5. The largest absolute Gasteiger partial charge is 0.497 e. The Balaban J connectivity index is 1.93. The minimum absolute atomic E-state index is 0.590. The van der Waals surface area contributed by atoms with E-state index in [0.29, 0.717) is 6.54 Å². The Hall–Kier alpha value is -2.82. The summed E-state index contributed by atoms with van der Waals surface area (Å²) in [4.78, 5) is 9.36. The molecule has 0 aliphatic carbocycles. The highest BCUT2D eigenvalue weighted by Gasteiger charge is 2.09. The summed E-state index contributed by atoms with van der Waals surface area (Å²) in [7, 11) is 3.33. The van der Waals surface area contributed by atoms with Crippen molar-refractivity contribution in [3.05, 3.63) is 53.9 Å². The third kappa shape index (κ3) is 3.82. The number of benzene rings is 2. The minimum Gasteiger partial charge on any atom is -0.497 e. The van der Waals surface area contributed by atoms with E-state index in [0.717, 1.165) is 52.4 Å². The lowest BCUT2D eigenvalue weighted by atomic mass is 10.1.